The van der Waals surface area contributed by atoms with Gasteiger partial charge in [0.15, 0.2) is 0 Å². The number of cyclic esters (lactones) is 1. The number of amides is 1. The first-order valence-electron chi connectivity index (χ1n) is 12.3. The molecule has 2 aliphatic rings. The van der Waals surface area contributed by atoms with Gasteiger partial charge < -0.3 is 9.64 Å². The summed E-state index contributed by atoms with van der Waals surface area (Å²) < 4.78 is 34.3. The van der Waals surface area contributed by atoms with E-state index in [0.717, 1.165) is 36.5 Å². The highest BCUT2D eigenvalue weighted by atomic mass is 19.1. The fourth-order valence-electron chi connectivity index (χ4n) is 5.47. The molecule has 3 aromatic rings. The quantitative estimate of drug-likeness (QED) is 0.403. The summed E-state index contributed by atoms with van der Waals surface area (Å²) in [4.78, 5) is 16.9. The molecular weight excluding hydrogens is 446 g/mol. The van der Waals surface area contributed by atoms with Crippen molar-refractivity contribution in [3.05, 3.63) is 107 Å². The van der Waals surface area contributed by atoms with Crippen LogP contribution in [0.5, 0.6) is 0 Å². The summed E-state index contributed by atoms with van der Waals surface area (Å²) >= 11 is 0. The van der Waals surface area contributed by atoms with Crippen molar-refractivity contribution in [2.75, 3.05) is 6.54 Å². The molecule has 0 saturated carbocycles. The summed E-state index contributed by atoms with van der Waals surface area (Å²) in [5.41, 5.74) is 2.82. The van der Waals surface area contributed by atoms with Crippen molar-refractivity contribution < 1.29 is 18.3 Å². The van der Waals surface area contributed by atoms with E-state index in [2.05, 4.69) is 29.2 Å². The highest BCUT2D eigenvalue weighted by Gasteiger charge is 2.48. The van der Waals surface area contributed by atoms with Crippen molar-refractivity contribution in [2.24, 2.45) is 0 Å². The monoisotopic (exact) mass is 476 g/mol. The molecule has 0 bridgehead atoms. The second-order valence-corrected chi connectivity index (χ2v) is 9.53. The zero-order valence-electron chi connectivity index (χ0n) is 19.7. The number of nitrogens with zero attached hydrogens (tertiary/aromatic N) is 2. The van der Waals surface area contributed by atoms with Crippen LogP contribution in [-0.2, 0) is 24.2 Å². The minimum atomic E-state index is -0.598. The smallest absolute Gasteiger partial charge is 0.410 e. The number of hydrogen-bond donors (Lipinski definition) is 0. The van der Waals surface area contributed by atoms with Gasteiger partial charge in [-0.15, -0.1) is 0 Å². The van der Waals surface area contributed by atoms with Crippen molar-refractivity contribution in [3.8, 4) is 0 Å². The van der Waals surface area contributed by atoms with Crippen LogP contribution in [0.1, 0.15) is 36.0 Å². The third kappa shape index (κ3) is 5.54. The Morgan fingerprint density at radius 2 is 1.46 bits per heavy atom. The lowest BCUT2D eigenvalue weighted by molar-refractivity contribution is 0.0318. The molecule has 35 heavy (non-hydrogen) atoms. The Balaban J connectivity index is 1.53. The van der Waals surface area contributed by atoms with Crippen molar-refractivity contribution in [2.45, 2.75) is 57.0 Å². The van der Waals surface area contributed by atoms with Crippen molar-refractivity contribution in [1.29, 1.82) is 0 Å². The first-order chi connectivity index (χ1) is 17.1. The van der Waals surface area contributed by atoms with Crippen molar-refractivity contribution in [3.63, 3.8) is 0 Å². The zero-order valence-corrected chi connectivity index (χ0v) is 19.7. The summed E-state index contributed by atoms with van der Waals surface area (Å²) in [5, 5.41) is 0. The van der Waals surface area contributed by atoms with Gasteiger partial charge in [0.05, 0.1) is 12.1 Å². The molecule has 0 aliphatic carbocycles. The molecule has 2 fully saturated rings. The SMILES string of the molecule is O=C1O[C@@H]([C@@H](Cc2cc(F)cc(F)c2)N(Cc2ccccc2)Cc2ccccc2)[C@@H]2CCCCN12. The number of hydrogen-bond acceptors (Lipinski definition) is 3. The van der Waals surface area contributed by atoms with E-state index >= 15 is 0 Å². The molecule has 3 aromatic carbocycles. The molecule has 1 amide bonds. The van der Waals surface area contributed by atoms with Crippen LogP contribution in [0.15, 0.2) is 78.9 Å². The van der Waals surface area contributed by atoms with Crippen LogP contribution in [0.4, 0.5) is 13.6 Å². The highest BCUT2D eigenvalue weighted by Crippen LogP contribution is 2.34. The Hall–Kier alpha value is -3.25. The molecule has 2 aliphatic heterocycles. The molecule has 0 unspecified atom stereocenters. The van der Waals surface area contributed by atoms with Gasteiger partial charge in [0, 0.05) is 25.7 Å². The summed E-state index contributed by atoms with van der Waals surface area (Å²) in [6.45, 7) is 1.94. The summed E-state index contributed by atoms with van der Waals surface area (Å²) in [6, 6.07) is 23.7. The van der Waals surface area contributed by atoms with Gasteiger partial charge in [-0.05, 0) is 54.5 Å². The first-order valence-corrected chi connectivity index (χ1v) is 12.3. The van der Waals surface area contributed by atoms with Gasteiger partial charge in [0.1, 0.15) is 17.7 Å². The first kappa shape index (κ1) is 23.5. The summed E-state index contributed by atoms with van der Waals surface area (Å²) in [5.74, 6) is -1.20. The maximum absolute atomic E-state index is 14.1. The molecule has 2 heterocycles. The van der Waals surface area contributed by atoms with Gasteiger partial charge in [0.25, 0.3) is 0 Å². The summed E-state index contributed by atoms with van der Waals surface area (Å²) in [6.07, 6.45) is 2.57. The van der Waals surface area contributed by atoms with Crippen LogP contribution in [0.3, 0.4) is 0 Å². The molecule has 0 spiro atoms. The maximum atomic E-state index is 14.1. The lowest BCUT2D eigenvalue weighted by Crippen LogP contribution is -2.51. The second kappa shape index (κ2) is 10.6. The lowest BCUT2D eigenvalue weighted by atomic mass is 9.89. The predicted molar refractivity (Wildman–Crippen MR) is 131 cm³/mol. The van der Waals surface area contributed by atoms with E-state index in [1.54, 1.807) is 0 Å². The number of ether oxygens (including phenoxy) is 1. The summed E-state index contributed by atoms with van der Waals surface area (Å²) in [7, 11) is 0. The van der Waals surface area contributed by atoms with E-state index in [1.165, 1.54) is 12.1 Å². The van der Waals surface area contributed by atoms with E-state index < -0.39 is 11.6 Å². The third-order valence-corrected chi connectivity index (χ3v) is 7.07. The third-order valence-electron chi connectivity index (χ3n) is 7.07. The Morgan fingerprint density at radius 1 is 0.857 bits per heavy atom. The van der Waals surface area contributed by atoms with Gasteiger partial charge in [-0.3, -0.25) is 4.90 Å². The van der Waals surface area contributed by atoms with Crippen molar-refractivity contribution in [1.82, 2.24) is 9.80 Å². The minimum absolute atomic E-state index is 0.0336. The Kier molecular flexibility index (Phi) is 7.09. The molecule has 0 radical (unpaired) electrons. The molecule has 2 saturated heterocycles. The fourth-order valence-corrected chi connectivity index (χ4v) is 5.47. The van der Waals surface area contributed by atoms with Gasteiger partial charge >= 0.3 is 6.09 Å². The van der Waals surface area contributed by atoms with Gasteiger partial charge in [-0.1, -0.05) is 60.7 Å². The normalized spacial score (nSPS) is 20.5. The van der Waals surface area contributed by atoms with Crippen LogP contribution in [-0.4, -0.2) is 40.6 Å². The van der Waals surface area contributed by atoms with Crippen LogP contribution < -0.4 is 0 Å². The number of carbonyl (C=O) groups excluding carboxylic acids is 1. The number of piperidine rings is 1. The highest BCUT2D eigenvalue weighted by molar-refractivity contribution is 5.71. The maximum Gasteiger partial charge on any atom is 0.410 e. The number of fused-ring (bicyclic) bond motifs is 1. The minimum Gasteiger partial charge on any atom is -0.442 e. The molecular formula is C29H30F2N2O2. The molecule has 3 atom stereocenters. The largest absolute Gasteiger partial charge is 0.442 e. The van der Waals surface area contributed by atoms with Crippen LogP contribution in [0, 0.1) is 11.6 Å². The molecule has 4 nitrogen and oxygen atoms in total. The topological polar surface area (TPSA) is 32.8 Å². The van der Waals surface area contributed by atoms with Crippen LogP contribution >= 0.6 is 0 Å². The predicted octanol–water partition coefficient (Wildman–Crippen LogP) is 5.95. The van der Waals surface area contributed by atoms with Crippen LogP contribution in [0.25, 0.3) is 0 Å². The average Bonchev–Trinajstić information content (AvgIpc) is 3.19. The van der Waals surface area contributed by atoms with E-state index in [4.69, 9.17) is 4.74 Å². The molecule has 0 aromatic heterocycles. The molecule has 182 valence electrons. The lowest BCUT2D eigenvalue weighted by Gasteiger charge is -2.38. The number of carbonyl (C=O) groups is 1. The van der Waals surface area contributed by atoms with E-state index in [1.807, 2.05) is 41.3 Å². The number of benzene rings is 3. The van der Waals surface area contributed by atoms with Gasteiger partial charge in [-0.2, -0.15) is 0 Å². The zero-order chi connectivity index (χ0) is 24.2. The molecule has 0 N–H and O–H groups in total. The molecule has 6 heteroatoms. The van der Waals surface area contributed by atoms with Gasteiger partial charge in [-0.25, -0.2) is 13.6 Å². The van der Waals surface area contributed by atoms with E-state index in [9.17, 15) is 13.6 Å². The number of halogens is 2. The standard InChI is InChI=1S/C29H30F2N2O2/c30-24-15-23(16-25(31)18-24)17-27(28-26-13-7-8-14-33(26)29(34)35-28)32(19-21-9-3-1-4-10-21)20-22-11-5-2-6-12-22/h1-6,9-12,15-16,18,26-28H,7-8,13-14,17,19-20H2/t26-,27+,28+/m0/s1. The van der Waals surface area contributed by atoms with Crippen LogP contribution in [0.2, 0.25) is 0 Å². The Labute approximate surface area is 205 Å². The van der Waals surface area contributed by atoms with Gasteiger partial charge in [0.2, 0.25) is 0 Å². The molecule has 5 rings (SSSR count). The fraction of sp³-hybridized carbons (Fsp3) is 0.345. The van der Waals surface area contributed by atoms with E-state index in [-0.39, 0.29) is 24.3 Å². The Morgan fingerprint density at radius 3 is 2.06 bits per heavy atom. The number of rotatable bonds is 8. The Bertz CT molecular complexity index is 1080. The second-order valence-electron chi connectivity index (χ2n) is 9.53. The van der Waals surface area contributed by atoms with Crippen molar-refractivity contribution >= 4 is 6.09 Å². The van der Waals surface area contributed by atoms with E-state index in [0.29, 0.717) is 31.6 Å². The average molecular weight is 477 g/mol.